The SMILES string of the molecule is CCn1nccc1NC(=O)c1csc(C2CCN(C(=O)NCCC3=CCCCC3)CC2)n1. The highest BCUT2D eigenvalue weighted by atomic mass is 32.1. The van der Waals surface area contributed by atoms with Crippen LogP contribution in [0.15, 0.2) is 29.3 Å². The summed E-state index contributed by atoms with van der Waals surface area (Å²) in [4.78, 5) is 31.6. The van der Waals surface area contributed by atoms with Crippen LogP contribution in [0, 0.1) is 0 Å². The second kappa shape index (κ2) is 10.8. The molecule has 3 amide bonds. The maximum atomic E-state index is 12.6. The molecule has 9 heteroatoms. The van der Waals surface area contributed by atoms with Crippen LogP contribution in [0.25, 0.3) is 0 Å². The fourth-order valence-corrected chi connectivity index (χ4v) is 5.32. The molecule has 0 radical (unpaired) electrons. The van der Waals surface area contributed by atoms with Gasteiger partial charge in [0.1, 0.15) is 11.5 Å². The minimum atomic E-state index is -0.215. The first kappa shape index (κ1) is 22.5. The van der Waals surface area contributed by atoms with Crippen LogP contribution in [-0.4, -0.2) is 51.2 Å². The van der Waals surface area contributed by atoms with E-state index in [4.69, 9.17) is 0 Å². The predicted octanol–water partition coefficient (Wildman–Crippen LogP) is 4.39. The number of nitrogens with one attached hydrogen (secondary N) is 2. The molecule has 8 nitrogen and oxygen atoms in total. The van der Waals surface area contributed by atoms with Gasteiger partial charge in [-0.1, -0.05) is 11.6 Å². The van der Waals surface area contributed by atoms with E-state index in [1.54, 1.807) is 16.9 Å². The molecule has 0 spiro atoms. The van der Waals surface area contributed by atoms with E-state index in [-0.39, 0.29) is 11.9 Å². The van der Waals surface area contributed by atoms with E-state index in [2.05, 4.69) is 26.8 Å². The number of piperidine rings is 1. The van der Waals surface area contributed by atoms with Crippen molar-refractivity contribution < 1.29 is 9.59 Å². The number of aromatic nitrogens is 3. The van der Waals surface area contributed by atoms with Gasteiger partial charge in [0.2, 0.25) is 0 Å². The molecule has 1 aliphatic carbocycles. The third-order valence-electron chi connectivity index (χ3n) is 6.25. The number of allylic oxidation sites excluding steroid dienone is 1. The first-order valence-electron chi connectivity index (χ1n) is 11.6. The average Bonchev–Trinajstić information content (AvgIpc) is 3.49. The standard InChI is InChI=1S/C23H32N6O2S/c1-2-29-20(9-13-25-29)27-21(30)19-16-32-22(26-19)18-10-14-28(15-11-18)23(31)24-12-8-17-6-4-3-5-7-17/h6,9,13,16,18H,2-5,7-8,10-12,14-15H2,1H3,(H,24,31)(H,27,30). The summed E-state index contributed by atoms with van der Waals surface area (Å²) < 4.78 is 1.73. The Morgan fingerprint density at radius 3 is 2.84 bits per heavy atom. The van der Waals surface area contributed by atoms with Crippen molar-refractivity contribution in [3.05, 3.63) is 40.0 Å². The van der Waals surface area contributed by atoms with Crippen LogP contribution in [-0.2, 0) is 6.54 Å². The zero-order valence-electron chi connectivity index (χ0n) is 18.7. The number of urea groups is 1. The molecule has 0 unspecified atom stereocenters. The monoisotopic (exact) mass is 456 g/mol. The zero-order valence-corrected chi connectivity index (χ0v) is 19.5. The molecule has 1 fully saturated rings. The van der Waals surface area contributed by atoms with Crippen LogP contribution in [0.2, 0.25) is 0 Å². The summed E-state index contributed by atoms with van der Waals surface area (Å²) >= 11 is 1.53. The third-order valence-corrected chi connectivity index (χ3v) is 7.26. The summed E-state index contributed by atoms with van der Waals surface area (Å²) in [7, 11) is 0. The number of nitrogens with zero attached hydrogens (tertiary/aromatic N) is 4. The Bertz CT molecular complexity index is 957. The van der Waals surface area contributed by atoms with E-state index in [9.17, 15) is 9.59 Å². The van der Waals surface area contributed by atoms with Gasteiger partial charge in [-0.2, -0.15) is 5.10 Å². The Kier molecular flexibility index (Phi) is 7.57. The maximum absolute atomic E-state index is 12.6. The van der Waals surface area contributed by atoms with Crippen LogP contribution in [0.3, 0.4) is 0 Å². The van der Waals surface area contributed by atoms with E-state index in [1.807, 2.05) is 17.2 Å². The molecule has 1 aliphatic heterocycles. The van der Waals surface area contributed by atoms with Gasteiger partial charge in [0, 0.05) is 43.5 Å². The largest absolute Gasteiger partial charge is 0.338 e. The van der Waals surface area contributed by atoms with Gasteiger partial charge in [-0.3, -0.25) is 4.79 Å². The minimum absolute atomic E-state index is 0.0339. The van der Waals surface area contributed by atoms with Crippen molar-refractivity contribution in [2.75, 3.05) is 25.0 Å². The first-order valence-corrected chi connectivity index (χ1v) is 12.5. The van der Waals surface area contributed by atoms with Gasteiger partial charge < -0.3 is 15.5 Å². The highest BCUT2D eigenvalue weighted by Gasteiger charge is 2.26. The number of carbonyl (C=O) groups excluding carboxylic acids is 2. The number of carbonyl (C=O) groups is 2. The Morgan fingerprint density at radius 2 is 2.09 bits per heavy atom. The normalized spacial score (nSPS) is 17.2. The Labute approximate surface area is 193 Å². The second-order valence-electron chi connectivity index (χ2n) is 8.41. The Hall–Kier alpha value is -2.68. The number of amides is 3. The molecular weight excluding hydrogens is 424 g/mol. The van der Waals surface area contributed by atoms with Crippen LogP contribution >= 0.6 is 11.3 Å². The van der Waals surface area contributed by atoms with Gasteiger partial charge in [0.25, 0.3) is 5.91 Å². The van der Waals surface area contributed by atoms with Crippen molar-refractivity contribution in [1.82, 2.24) is 25.0 Å². The van der Waals surface area contributed by atoms with E-state index < -0.39 is 0 Å². The smallest absolute Gasteiger partial charge is 0.317 e. The van der Waals surface area contributed by atoms with Gasteiger partial charge in [-0.15, -0.1) is 11.3 Å². The number of thiazole rings is 1. The molecule has 0 saturated carbocycles. The molecule has 4 rings (SSSR count). The molecule has 3 heterocycles. The number of anilines is 1. The lowest BCUT2D eigenvalue weighted by molar-refractivity contribution is 0.102. The molecule has 32 heavy (non-hydrogen) atoms. The minimum Gasteiger partial charge on any atom is -0.338 e. The highest BCUT2D eigenvalue weighted by Crippen LogP contribution is 2.30. The lowest BCUT2D eigenvalue weighted by Crippen LogP contribution is -2.44. The summed E-state index contributed by atoms with van der Waals surface area (Å²) in [6.07, 6.45) is 11.6. The average molecular weight is 457 g/mol. The Balaban J connectivity index is 1.23. The number of rotatable bonds is 7. The summed E-state index contributed by atoms with van der Waals surface area (Å²) in [6, 6.07) is 1.81. The fourth-order valence-electron chi connectivity index (χ4n) is 4.35. The topological polar surface area (TPSA) is 92.2 Å². The maximum Gasteiger partial charge on any atom is 0.317 e. The highest BCUT2D eigenvalue weighted by molar-refractivity contribution is 7.10. The quantitative estimate of drug-likeness (QED) is 0.605. The van der Waals surface area contributed by atoms with E-state index in [0.29, 0.717) is 30.5 Å². The molecule has 2 aliphatic rings. The number of likely N-dealkylation sites (tertiary alicyclic amines) is 1. The van der Waals surface area contributed by atoms with Gasteiger partial charge >= 0.3 is 6.03 Å². The van der Waals surface area contributed by atoms with Crippen molar-refractivity contribution in [3.8, 4) is 0 Å². The Morgan fingerprint density at radius 1 is 1.25 bits per heavy atom. The summed E-state index contributed by atoms with van der Waals surface area (Å²) in [5, 5.41) is 12.9. The van der Waals surface area contributed by atoms with Crippen molar-refractivity contribution in [2.24, 2.45) is 0 Å². The van der Waals surface area contributed by atoms with Crippen molar-refractivity contribution >= 4 is 29.1 Å². The lowest BCUT2D eigenvalue weighted by Gasteiger charge is -2.31. The number of hydrogen-bond acceptors (Lipinski definition) is 5. The molecule has 172 valence electrons. The predicted molar refractivity (Wildman–Crippen MR) is 126 cm³/mol. The summed E-state index contributed by atoms with van der Waals surface area (Å²) in [5.41, 5.74) is 1.92. The second-order valence-corrected chi connectivity index (χ2v) is 9.30. The van der Waals surface area contributed by atoms with Gasteiger partial charge in [0.15, 0.2) is 0 Å². The van der Waals surface area contributed by atoms with Crippen molar-refractivity contribution in [1.29, 1.82) is 0 Å². The molecule has 0 bridgehead atoms. The molecule has 2 N–H and O–H groups in total. The zero-order chi connectivity index (χ0) is 22.3. The van der Waals surface area contributed by atoms with E-state index >= 15 is 0 Å². The summed E-state index contributed by atoms with van der Waals surface area (Å²) in [5.74, 6) is 0.748. The van der Waals surface area contributed by atoms with Gasteiger partial charge in [0.05, 0.1) is 11.2 Å². The van der Waals surface area contributed by atoms with E-state index in [0.717, 1.165) is 37.4 Å². The fraction of sp³-hybridized carbons (Fsp3) is 0.565. The van der Waals surface area contributed by atoms with Crippen molar-refractivity contribution in [3.63, 3.8) is 0 Å². The molecule has 2 aromatic heterocycles. The van der Waals surface area contributed by atoms with Crippen LogP contribution in [0.4, 0.5) is 10.6 Å². The molecule has 2 aromatic rings. The third kappa shape index (κ3) is 5.56. The molecule has 0 atom stereocenters. The van der Waals surface area contributed by atoms with Crippen molar-refractivity contribution in [2.45, 2.75) is 64.3 Å². The van der Waals surface area contributed by atoms with E-state index in [1.165, 1.54) is 42.6 Å². The van der Waals surface area contributed by atoms with Gasteiger partial charge in [-0.25, -0.2) is 14.5 Å². The summed E-state index contributed by atoms with van der Waals surface area (Å²) in [6.45, 7) is 4.82. The number of hydrogen-bond donors (Lipinski definition) is 2. The molecule has 1 saturated heterocycles. The molecular formula is C23H32N6O2S. The van der Waals surface area contributed by atoms with Crippen LogP contribution in [0.5, 0.6) is 0 Å². The molecule has 0 aromatic carbocycles. The number of aryl methyl sites for hydroxylation is 1. The van der Waals surface area contributed by atoms with Crippen LogP contribution < -0.4 is 10.6 Å². The van der Waals surface area contributed by atoms with Crippen LogP contribution in [0.1, 0.15) is 73.3 Å². The van der Waals surface area contributed by atoms with Gasteiger partial charge in [-0.05, 0) is 51.9 Å². The first-order chi connectivity index (χ1) is 15.6. The lowest BCUT2D eigenvalue weighted by atomic mass is 9.97.